The minimum absolute atomic E-state index is 0. The van der Waals surface area contributed by atoms with Gasteiger partial charge >= 0.3 is 8.56 Å². The molecule has 0 aliphatic carbocycles. The Morgan fingerprint density at radius 2 is 1.95 bits per heavy atom. The smallest absolute Gasteiger partial charge is 0.370 e. The Balaban J connectivity index is 0.00000324. The third-order valence-corrected chi connectivity index (χ3v) is 8.42. The highest BCUT2D eigenvalue weighted by molar-refractivity contribution is 6.70. The molecule has 1 heterocycles. The van der Waals surface area contributed by atoms with Crippen molar-refractivity contribution in [2.45, 2.75) is 43.4 Å². The van der Waals surface area contributed by atoms with Gasteiger partial charge in [-0.2, -0.15) is 0 Å². The van der Waals surface area contributed by atoms with Crippen molar-refractivity contribution in [3.8, 4) is 0 Å². The molecule has 5 nitrogen and oxygen atoms in total. The van der Waals surface area contributed by atoms with Gasteiger partial charge in [-0.25, -0.2) is 9.79 Å². The zero-order valence-electron chi connectivity index (χ0n) is 11.5. The van der Waals surface area contributed by atoms with Gasteiger partial charge in [-0.3, -0.25) is 0 Å². The van der Waals surface area contributed by atoms with Gasteiger partial charge in [-0.05, 0) is 36.3 Å². The summed E-state index contributed by atoms with van der Waals surface area (Å²) in [5.74, 6) is 0. The Hall–Kier alpha value is -0.306. The summed E-state index contributed by atoms with van der Waals surface area (Å²) in [6.45, 7) is 0.493. The van der Waals surface area contributed by atoms with E-state index < -0.39 is 8.56 Å². The maximum atomic E-state index is 10.1. The third kappa shape index (κ3) is 3.84. The van der Waals surface area contributed by atoms with Gasteiger partial charge in [0.15, 0.2) is 0 Å². The van der Waals surface area contributed by atoms with Crippen molar-refractivity contribution < 1.29 is 18.4 Å². The highest BCUT2D eigenvalue weighted by atomic mass is 28.4. The third-order valence-electron chi connectivity index (χ3n) is 4.00. The van der Waals surface area contributed by atoms with Crippen LogP contribution in [0.25, 0.3) is 0 Å². The second-order valence-electron chi connectivity index (χ2n) is 4.64. The summed E-state index contributed by atoms with van der Waals surface area (Å²) < 4.78 is 17.4. The van der Waals surface area contributed by atoms with Crippen LogP contribution in [0.2, 0.25) is 6.04 Å². The summed E-state index contributed by atoms with van der Waals surface area (Å²) in [6.07, 6.45) is 6.41. The number of nitrogens with zero attached hydrogens (tertiary/aromatic N) is 1. The standard InChI is InChI=1S/C12H23NO4Si.H4Si/c1-15-12(8-6-9-13-11-14)7-4-5-10-18(12,16-2)17-3;/h4-10H2,1-3H3;1H4. The van der Waals surface area contributed by atoms with E-state index in [0.29, 0.717) is 6.54 Å². The van der Waals surface area contributed by atoms with Crippen molar-refractivity contribution in [1.82, 2.24) is 0 Å². The van der Waals surface area contributed by atoms with Crippen LogP contribution >= 0.6 is 0 Å². The summed E-state index contributed by atoms with van der Waals surface area (Å²) in [5, 5.41) is -0.312. The molecule has 0 radical (unpaired) electrons. The predicted molar refractivity (Wildman–Crippen MR) is 81.7 cm³/mol. The lowest BCUT2D eigenvalue weighted by Crippen LogP contribution is -2.64. The van der Waals surface area contributed by atoms with Gasteiger partial charge in [0.05, 0.1) is 6.54 Å². The first kappa shape index (κ1) is 18.7. The molecule has 1 aliphatic rings. The number of isocyanates is 1. The average Bonchev–Trinajstić information content (AvgIpc) is 2.44. The summed E-state index contributed by atoms with van der Waals surface area (Å²) in [6, 6.07) is 0.963. The topological polar surface area (TPSA) is 57.1 Å². The Morgan fingerprint density at radius 3 is 2.47 bits per heavy atom. The van der Waals surface area contributed by atoms with Crippen molar-refractivity contribution in [3.05, 3.63) is 0 Å². The minimum atomic E-state index is -2.33. The average molecular weight is 306 g/mol. The second-order valence-corrected chi connectivity index (χ2v) is 8.38. The van der Waals surface area contributed by atoms with Crippen molar-refractivity contribution >= 4 is 25.6 Å². The monoisotopic (exact) mass is 305 g/mol. The summed E-state index contributed by atoms with van der Waals surface area (Å²) in [5.41, 5.74) is 0. The van der Waals surface area contributed by atoms with Gasteiger partial charge in [0.25, 0.3) is 0 Å². The van der Waals surface area contributed by atoms with Gasteiger partial charge in [-0.15, -0.1) is 0 Å². The van der Waals surface area contributed by atoms with Crippen molar-refractivity contribution in [1.29, 1.82) is 0 Å². The molecular weight excluding hydrogens is 278 g/mol. The van der Waals surface area contributed by atoms with Crippen LogP contribution in [0.4, 0.5) is 0 Å². The largest absolute Gasteiger partial charge is 0.396 e. The highest BCUT2D eigenvalue weighted by Gasteiger charge is 2.58. The van der Waals surface area contributed by atoms with E-state index in [0.717, 1.165) is 38.1 Å². The van der Waals surface area contributed by atoms with Crippen LogP contribution in [0.3, 0.4) is 0 Å². The molecule has 1 saturated heterocycles. The van der Waals surface area contributed by atoms with Crippen LogP contribution in [0.15, 0.2) is 4.99 Å². The molecule has 0 amide bonds. The molecule has 7 heteroatoms. The fraction of sp³-hybridized carbons (Fsp3) is 0.917. The highest BCUT2D eigenvalue weighted by Crippen LogP contribution is 2.42. The predicted octanol–water partition coefficient (Wildman–Crippen LogP) is 0.494. The first-order chi connectivity index (χ1) is 8.70. The first-order valence-corrected chi connectivity index (χ1v) is 8.42. The molecule has 0 aromatic rings. The zero-order chi connectivity index (χ0) is 13.5. The van der Waals surface area contributed by atoms with Gasteiger partial charge in [0.1, 0.15) is 5.22 Å². The molecule has 0 spiro atoms. The van der Waals surface area contributed by atoms with Gasteiger partial charge in [0.2, 0.25) is 6.08 Å². The molecule has 0 N–H and O–H groups in total. The molecule has 112 valence electrons. The molecule has 1 atom stereocenters. The first-order valence-electron chi connectivity index (χ1n) is 6.39. The van der Waals surface area contributed by atoms with E-state index in [1.165, 1.54) is 0 Å². The lowest BCUT2D eigenvalue weighted by atomic mass is 10.1. The Morgan fingerprint density at radius 1 is 1.26 bits per heavy atom. The number of rotatable bonds is 7. The lowest BCUT2D eigenvalue weighted by molar-refractivity contribution is -0.0153. The van der Waals surface area contributed by atoms with Crippen molar-refractivity contribution in [2.24, 2.45) is 4.99 Å². The second kappa shape index (κ2) is 8.78. The molecule has 0 bridgehead atoms. The maximum absolute atomic E-state index is 10.1. The van der Waals surface area contributed by atoms with E-state index in [1.54, 1.807) is 27.4 Å². The van der Waals surface area contributed by atoms with E-state index in [9.17, 15) is 4.79 Å². The minimum Gasteiger partial charge on any atom is -0.396 e. The van der Waals surface area contributed by atoms with E-state index in [-0.39, 0.29) is 16.2 Å². The van der Waals surface area contributed by atoms with Gasteiger partial charge in [0, 0.05) is 21.3 Å². The molecule has 1 aliphatic heterocycles. The van der Waals surface area contributed by atoms with Crippen LogP contribution in [0.5, 0.6) is 0 Å². The number of methoxy groups -OCH3 is 1. The summed E-state index contributed by atoms with van der Waals surface area (Å²) >= 11 is 0. The molecule has 0 aromatic heterocycles. The van der Waals surface area contributed by atoms with E-state index >= 15 is 0 Å². The van der Waals surface area contributed by atoms with Crippen LogP contribution in [-0.2, 0) is 18.4 Å². The van der Waals surface area contributed by atoms with Crippen LogP contribution < -0.4 is 0 Å². The number of carbonyl (C=O) groups excluding carboxylic acids is 1. The van der Waals surface area contributed by atoms with E-state index in [4.69, 9.17) is 13.6 Å². The lowest BCUT2D eigenvalue weighted by Gasteiger charge is -2.48. The van der Waals surface area contributed by atoms with Gasteiger partial charge in [-0.1, -0.05) is 12.8 Å². The molecule has 1 unspecified atom stereocenters. The molecule has 1 fully saturated rings. The summed E-state index contributed by atoms with van der Waals surface area (Å²) in [7, 11) is 2.84. The van der Waals surface area contributed by atoms with Crippen LogP contribution in [0, 0.1) is 0 Å². The molecule has 1 rings (SSSR count). The quantitative estimate of drug-likeness (QED) is 0.297. The number of hydrogen-bond donors (Lipinski definition) is 0. The molecule has 0 aromatic carbocycles. The summed E-state index contributed by atoms with van der Waals surface area (Å²) in [4.78, 5) is 13.7. The Bertz CT molecular complexity index is 306. The number of aliphatic imine (C=N–C) groups is 1. The van der Waals surface area contributed by atoms with Crippen LogP contribution in [0.1, 0.15) is 32.1 Å². The Kier molecular flexibility index (Phi) is 8.64. The zero-order valence-corrected chi connectivity index (χ0v) is 12.5. The van der Waals surface area contributed by atoms with Gasteiger partial charge < -0.3 is 13.6 Å². The normalized spacial score (nSPS) is 25.2. The Labute approximate surface area is 121 Å². The molecular formula is C12H27NO4Si2. The fourth-order valence-electron chi connectivity index (χ4n) is 3.01. The molecule has 0 saturated carbocycles. The van der Waals surface area contributed by atoms with E-state index in [1.807, 2.05) is 0 Å². The van der Waals surface area contributed by atoms with Crippen molar-refractivity contribution in [2.75, 3.05) is 27.9 Å². The fourth-order valence-corrected chi connectivity index (χ4v) is 6.93. The van der Waals surface area contributed by atoms with E-state index in [2.05, 4.69) is 4.99 Å². The number of ether oxygens (including phenoxy) is 1. The number of hydrogen-bond acceptors (Lipinski definition) is 5. The molecule has 19 heavy (non-hydrogen) atoms. The maximum Gasteiger partial charge on any atom is 0.370 e. The van der Waals surface area contributed by atoms with Crippen LogP contribution in [-0.4, -0.2) is 58.7 Å². The van der Waals surface area contributed by atoms with Crippen molar-refractivity contribution in [3.63, 3.8) is 0 Å². The SMILES string of the molecule is COC1(CCCN=C=O)CCCC[Si]1(OC)OC.[SiH4].